The highest BCUT2D eigenvalue weighted by Crippen LogP contribution is 2.10. The van der Waals surface area contributed by atoms with Crippen LogP contribution in [0.2, 0.25) is 0 Å². The Hall–Kier alpha value is -1.19. The third-order valence-electron chi connectivity index (χ3n) is 1.33. The summed E-state index contributed by atoms with van der Waals surface area (Å²) in [6, 6.07) is 2.32. The average molecular weight is 266 g/mol. The van der Waals surface area contributed by atoms with E-state index >= 15 is 0 Å². The Morgan fingerprint density at radius 3 is 2.75 bits per heavy atom. The second-order valence-electron chi connectivity index (χ2n) is 2.60. The minimum absolute atomic E-state index is 0.0780. The summed E-state index contributed by atoms with van der Waals surface area (Å²) >= 11 is 0. The van der Waals surface area contributed by atoms with Crippen molar-refractivity contribution in [1.82, 2.24) is 4.98 Å². The lowest BCUT2D eigenvalue weighted by Crippen LogP contribution is -2.16. The molecule has 6 nitrogen and oxygen atoms in total. The Morgan fingerprint density at radius 1 is 1.56 bits per heavy atom. The van der Waals surface area contributed by atoms with Gasteiger partial charge in [-0.3, -0.25) is 9.35 Å². The Labute approximate surface area is 94.4 Å². The minimum atomic E-state index is -4.24. The molecule has 1 amide bonds. The van der Waals surface area contributed by atoms with Crippen LogP contribution in [0, 0.1) is 5.82 Å². The van der Waals surface area contributed by atoms with E-state index in [9.17, 15) is 17.6 Å². The first-order chi connectivity index (χ1) is 7.37. The molecule has 1 heterocycles. The first-order valence-electron chi connectivity index (χ1n) is 3.90. The maximum Gasteiger partial charge on any atom is 0.320 e. The molecule has 0 aliphatic carbocycles. The van der Waals surface area contributed by atoms with E-state index in [1.807, 2.05) is 0 Å². The predicted molar refractivity (Wildman–Crippen MR) is 56.8 cm³/mol. The number of hydrogen-bond donors (Lipinski definition) is 2. The summed E-state index contributed by atoms with van der Waals surface area (Å²) in [5, 5.41) is 2.23. The zero-order valence-corrected chi connectivity index (χ0v) is 9.39. The molecule has 1 aromatic rings. The van der Waals surface area contributed by atoms with E-state index in [0.717, 1.165) is 12.3 Å². The third kappa shape index (κ3) is 5.05. The van der Waals surface area contributed by atoms with Crippen LogP contribution in [0.5, 0.6) is 0 Å². The molecule has 1 rings (SSSR count). The Balaban J connectivity index is 2.49. The van der Waals surface area contributed by atoms with Gasteiger partial charge in [0.25, 0.3) is 0 Å². The van der Waals surface area contributed by atoms with Crippen molar-refractivity contribution in [3.05, 3.63) is 24.1 Å². The van der Waals surface area contributed by atoms with E-state index in [4.69, 9.17) is 4.55 Å². The number of halogens is 1. The molecular formula is C7H7FN2O4S2. The molecule has 0 fully saturated rings. The third-order valence-corrected chi connectivity index (χ3v) is 3.26. The summed E-state index contributed by atoms with van der Waals surface area (Å²) < 4.78 is 41.4. The van der Waals surface area contributed by atoms with Crippen molar-refractivity contribution in [1.29, 1.82) is 0 Å². The molecule has 0 aliphatic heterocycles. The second-order valence-corrected chi connectivity index (χ2v) is 5.95. The fraction of sp³-hybridized carbons (Fsp3) is 0.143. The lowest BCUT2D eigenvalue weighted by atomic mass is 10.4. The fourth-order valence-corrected chi connectivity index (χ4v) is 1.85. The average Bonchev–Trinajstić information content (AvgIpc) is 2.18. The number of amides is 1. The molecule has 9 heteroatoms. The fourth-order valence-electron chi connectivity index (χ4n) is 0.757. The van der Waals surface area contributed by atoms with Crippen LogP contribution in [0.1, 0.15) is 0 Å². The summed E-state index contributed by atoms with van der Waals surface area (Å²) in [4.78, 5) is 14.6. The molecule has 0 aliphatic rings. The van der Waals surface area contributed by atoms with Crippen molar-refractivity contribution >= 4 is 31.7 Å². The second kappa shape index (κ2) is 5.23. The molecule has 0 spiro atoms. The SMILES string of the molecule is O=C(CSS(=O)(=O)O)Nc1ccc(F)cn1. The van der Waals surface area contributed by atoms with Crippen LogP contribution in [0.25, 0.3) is 0 Å². The molecule has 0 unspecified atom stereocenters. The highest BCUT2D eigenvalue weighted by molar-refractivity contribution is 8.70. The summed E-state index contributed by atoms with van der Waals surface area (Å²) in [5.41, 5.74) is 0. The molecule has 0 bridgehead atoms. The van der Waals surface area contributed by atoms with Crippen molar-refractivity contribution in [3.8, 4) is 0 Å². The van der Waals surface area contributed by atoms with Gasteiger partial charge in [-0.05, 0) is 12.1 Å². The number of nitrogens with one attached hydrogen (secondary N) is 1. The molecule has 16 heavy (non-hydrogen) atoms. The van der Waals surface area contributed by atoms with Gasteiger partial charge in [0.1, 0.15) is 11.6 Å². The Bertz CT molecular complexity index is 474. The molecule has 0 atom stereocenters. The zero-order valence-electron chi connectivity index (χ0n) is 7.75. The summed E-state index contributed by atoms with van der Waals surface area (Å²) in [5.74, 6) is -1.59. The van der Waals surface area contributed by atoms with Crippen LogP contribution in [0.4, 0.5) is 10.2 Å². The number of nitrogens with zero attached hydrogens (tertiary/aromatic N) is 1. The highest BCUT2D eigenvalue weighted by atomic mass is 33.1. The van der Waals surface area contributed by atoms with Crippen LogP contribution in [0.15, 0.2) is 18.3 Å². The summed E-state index contributed by atoms with van der Waals surface area (Å²) in [6.07, 6.45) is 0.908. The Morgan fingerprint density at radius 2 is 2.25 bits per heavy atom. The number of anilines is 1. The van der Waals surface area contributed by atoms with E-state index in [1.54, 1.807) is 0 Å². The van der Waals surface area contributed by atoms with Gasteiger partial charge in [-0.25, -0.2) is 9.37 Å². The predicted octanol–water partition coefficient (Wildman–Crippen LogP) is 0.695. The normalized spacial score (nSPS) is 11.1. The van der Waals surface area contributed by atoms with E-state index in [0.29, 0.717) is 0 Å². The molecule has 1 aromatic heterocycles. The monoisotopic (exact) mass is 266 g/mol. The van der Waals surface area contributed by atoms with Gasteiger partial charge in [-0.2, -0.15) is 8.42 Å². The Kier molecular flexibility index (Phi) is 4.21. The lowest BCUT2D eigenvalue weighted by Gasteiger charge is -2.02. The largest absolute Gasteiger partial charge is 0.320 e. The molecule has 0 aromatic carbocycles. The van der Waals surface area contributed by atoms with Crippen LogP contribution in [-0.2, 0) is 13.9 Å². The molecule has 2 N–H and O–H groups in total. The topological polar surface area (TPSA) is 96.4 Å². The van der Waals surface area contributed by atoms with Crippen LogP contribution in [0.3, 0.4) is 0 Å². The molecular weight excluding hydrogens is 259 g/mol. The zero-order chi connectivity index (χ0) is 12.2. The van der Waals surface area contributed by atoms with Crippen LogP contribution < -0.4 is 5.32 Å². The maximum atomic E-state index is 12.4. The van der Waals surface area contributed by atoms with Gasteiger partial charge in [0, 0.05) is 10.8 Å². The van der Waals surface area contributed by atoms with Gasteiger partial charge in [0.2, 0.25) is 5.91 Å². The minimum Gasteiger partial charge on any atom is -0.310 e. The van der Waals surface area contributed by atoms with Crippen molar-refractivity contribution in [3.63, 3.8) is 0 Å². The van der Waals surface area contributed by atoms with Gasteiger partial charge in [-0.1, -0.05) is 0 Å². The van der Waals surface area contributed by atoms with Gasteiger partial charge in [0.15, 0.2) is 0 Å². The van der Waals surface area contributed by atoms with Crippen LogP contribution >= 0.6 is 10.8 Å². The highest BCUT2D eigenvalue weighted by Gasteiger charge is 2.10. The first kappa shape index (κ1) is 12.9. The van der Waals surface area contributed by atoms with Crippen LogP contribution in [-0.4, -0.2) is 29.6 Å². The standard InChI is InChI=1S/C7H7FN2O4S2/c8-5-1-2-6(9-3-5)10-7(11)4-15-16(12,13)14/h1-3H,4H2,(H,9,10,11)(H,12,13,14). The number of rotatable bonds is 4. The number of pyridine rings is 1. The van der Waals surface area contributed by atoms with E-state index in [2.05, 4.69) is 10.3 Å². The summed E-state index contributed by atoms with van der Waals surface area (Å²) in [6.45, 7) is 0. The summed E-state index contributed by atoms with van der Waals surface area (Å²) in [7, 11) is -4.16. The van der Waals surface area contributed by atoms with E-state index in [-0.39, 0.29) is 16.6 Å². The van der Waals surface area contributed by atoms with E-state index in [1.165, 1.54) is 6.07 Å². The maximum absolute atomic E-state index is 12.4. The van der Waals surface area contributed by atoms with Gasteiger partial charge < -0.3 is 5.32 Å². The van der Waals surface area contributed by atoms with Crippen molar-refractivity contribution < 1.29 is 22.2 Å². The first-order valence-corrected chi connectivity index (χ1v) is 6.84. The smallest absolute Gasteiger partial charge is 0.310 e. The number of carbonyl (C=O) groups is 1. The number of hydrogen-bond acceptors (Lipinski definition) is 5. The number of carbonyl (C=O) groups excluding carboxylic acids is 1. The van der Waals surface area contributed by atoms with Crippen molar-refractivity contribution in [2.75, 3.05) is 11.1 Å². The van der Waals surface area contributed by atoms with Gasteiger partial charge in [-0.15, -0.1) is 0 Å². The van der Waals surface area contributed by atoms with E-state index < -0.39 is 26.6 Å². The van der Waals surface area contributed by atoms with Gasteiger partial charge >= 0.3 is 9.15 Å². The molecule has 0 radical (unpaired) electrons. The quantitative estimate of drug-likeness (QED) is 0.615. The van der Waals surface area contributed by atoms with Crippen molar-refractivity contribution in [2.45, 2.75) is 0 Å². The van der Waals surface area contributed by atoms with Crippen molar-refractivity contribution in [2.24, 2.45) is 0 Å². The lowest BCUT2D eigenvalue weighted by molar-refractivity contribution is -0.113. The number of aromatic nitrogens is 1. The molecule has 0 saturated carbocycles. The molecule has 88 valence electrons. The van der Waals surface area contributed by atoms with Gasteiger partial charge in [0.05, 0.1) is 11.9 Å². The molecule has 0 saturated heterocycles.